The fourth-order valence-corrected chi connectivity index (χ4v) is 3.47. The summed E-state index contributed by atoms with van der Waals surface area (Å²) < 4.78 is 25.0. The van der Waals surface area contributed by atoms with Crippen LogP contribution in [0.3, 0.4) is 0 Å². The minimum atomic E-state index is -0.305. The van der Waals surface area contributed by atoms with Gasteiger partial charge in [-0.3, -0.25) is 0 Å². The van der Waals surface area contributed by atoms with E-state index in [-0.39, 0.29) is 10.6 Å². The van der Waals surface area contributed by atoms with Gasteiger partial charge in [0.25, 0.3) is 0 Å². The Morgan fingerprint density at radius 1 is 1.45 bits per heavy atom. The number of alkyl halides is 1. The van der Waals surface area contributed by atoms with Crippen molar-refractivity contribution >= 4 is 31.9 Å². The third-order valence-electron chi connectivity index (χ3n) is 3.63. The molecule has 1 saturated heterocycles. The fourth-order valence-electron chi connectivity index (χ4n) is 2.49. The van der Waals surface area contributed by atoms with Crippen molar-refractivity contribution in [3.05, 3.63) is 28.0 Å². The maximum atomic E-state index is 13.5. The molecule has 0 radical (unpaired) electrons. The number of methoxy groups -OCH3 is 1. The lowest BCUT2D eigenvalue weighted by Crippen LogP contribution is -2.19. The lowest BCUT2D eigenvalue weighted by atomic mass is 10.0. The van der Waals surface area contributed by atoms with E-state index in [1.165, 1.54) is 18.9 Å². The average Bonchev–Trinajstić information content (AvgIpc) is 2.48. The van der Waals surface area contributed by atoms with Crippen molar-refractivity contribution in [2.24, 2.45) is 0 Å². The number of ether oxygens (including phenoxy) is 2. The molecule has 1 aliphatic rings. The zero-order chi connectivity index (χ0) is 14.5. The van der Waals surface area contributed by atoms with Crippen LogP contribution in [0, 0.1) is 5.82 Å². The lowest BCUT2D eigenvalue weighted by molar-refractivity contribution is 0.0101. The molecule has 1 aromatic rings. The molecule has 1 heterocycles. The van der Waals surface area contributed by atoms with Gasteiger partial charge in [0.2, 0.25) is 0 Å². The molecule has 1 fully saturated rings. The first-order chi connectivity index (χ1) is 9.61. The van der Waals surface area contributed by atoms with Gasteiger partial charge < -0.3 is 9.47 Å². The number of halogens is 3. The van der Waals surface area contributed by atoms with Crippen LogP contribution in [0.25, 0.3) is 0 Å². The van der Waals surface area contributed by atoms with Crippen LogP contribution in [0.5, 0.6) is 5.75 Å². The van der Waals surface area contributed by atoms with Crippen LogP contribution in [0.2, 0.25) is 0 Å². The Balaban J connectivity index is 2.00. The quantitative estimate of drug-likeness (QED) is 0.607. The molecule has 2 rings (SSSR count). The zero-order valence-corrected chi connectivity index (χ0v) is 14.7. The first-order valence-electron chi connectivity index (χ1n) is 6.90. The van der Waals surface area contributed by atoms with Crippen molar-refractivity contribution in [1.82, 2.24) is 0 Å². The van der Waals surface area contributed by atoms with Crippen LogP contribution in [-0.4, -0.2) is 19.8 Å². The number of hydrogen-bond acceptors (Lipinski definition) is 2. The molecule has 5 heteroatoms. The Hall–Kier alpha value is -0.130. The van der Waals surface area contributed by atoms with E-state index in [2.05, 4.69) is 31.9 Å². The lowest BCUT2D eigenvalue weighted by Gasteiger charge is -2.24. The molecule has 0 spiro atoms. The Bertz CT molecular complexity index is 448. The van der Waals surface area contributed by atoms with E-state index < -0.39 is 0 Å². The summed E-state index contributed by atoms with van der Waals surface area (Å²) in [6.07, 6.45) is 5.88. The highest BCUT2D eigenvalue weighted by Gasteiger charge is 2.19. The molecule has 1 aromatic carbocycles. The normalized spacial score (nSPS) is 20.7. The molecule has 0 amide bonds. The van der Waals surface area contributed by atoms with Crippen LogP contribution in [0.1, 0.15) is 42.5 Å². The second-order valence-corrected chi connectivity index (χ2v) is 7.00. The average molecular weight is 410 g/mol. The van der Waals surface area contributed by atoms with Gasteiger partial charge in [-0.1, -0.05) is 15.9 Å². The zero-order valence-electron chi connectivity index (χ0n) is 11.5. The summed E-state index contributed by atoms with van der Waals surface area (Å²) >= 11 is 6.91. The number of rotatable bonds is 5. The van der Waals surface area contributed by atoms with E-state index in [1.54, 1.807) is 13.2 Å². The van der Waals surface area contributed by atoms with Gasteiger partial charge >= 0.3 is 0 Å². The molecule has 2 unspecified atom stereocenters. The van der Waals surface area contributed by atoms with Gasteiger partial charge in [0.05, 0.1) is 17.7 Å². The predicted molar refractivity (Wildman–Crippen MR) is 85.1 cm³/mol. The maximum Gasteiger partial charge on any atom is 0.141 e. The maximum absolute atomic E-state index is 13.5. The summed E-state index contributed by atoms with van der Waals surface area (Å²) in [6.45, 7) is 0.878. The van der Waals surface area contributed by atoms with Crippen molar-refractivity contribution in [1.29, 1.82) is 0 Å². The summed E-state index contributed by atoms with van der Waals surface area (Å²) in [5.41, 5.74) is 0.969. The monoisotopic (exact) mass is 408 g/mol. The predicted octanol–water partition coefficient (Wildman–Crippen LogP) is 5.38. The van der Waals surface area contributed by atoms with Crippen LogP contribution in [-0.2, 0) is 4.74 Å². The van der Waals surface area contributed by atoms with Gasteiger partial charge in [-0.15, -0.1) is 0 Å². The van der Waals surface area contributed by atoms with E-state index in [0.717, 1.165) is 31.4 Å². The molecule has 1 aliphatic heterocycles. The molecular weight excluding hydrogens is 391 g/mol. The molecular formula is C15H19Br2FO2. The van der Waals surface area contributed by atoms with Gasteiger partial charge in [-0.2, -0.15) is 0 Å². The third kappa shape index (κ3) is 4.18. The highest BCUT2D eigenvalue weighted by atomic mass is 79.9. The summed E-state index contributed by atoms with van der Waals surface area (Å²) in [5, 5.41) is 0. The van der Waals surface area contributed by atoms with E-state index >= 15 is 0 Å². The second kappa shape index (κ2) is 7.76. The third-order valence-corrected chi connectivity index (χ3v) is 5.18. The van der Waals surface area contributed by atoms with Gasteiger partial charge in [-0.05, 0) is 54.1 Å². The van der Waals surface area contributed by atoms with Crippen LogP contribution >= 0.6 is 31.9 Å². The molecule has 0 aromatic heterocycles. The summed E-state index contributed by atoms with van der Waals surface area (Å²) in [7, 11) is 1.57. The van der Waals surface area contributed by atoms with Crippen molar-refractivity contribution in [3.8, 4) is 5.75 Å². The molecule has 2 nitrogen and oxygen atoms in total. The van der Waals surface area contributed by atoms with Crippen molar-refractivity contribution in [2.75, 3.05) is 13.7 Å². The Morgan fingerprint density at radius 3 is 2.90 bits per heavy atom. The first-order valence-corrected chi connectivity index (χ1v) is 8.61. The second-order valence-electron chi connectivity index (χ2n) is 5.04. The Kier molecular flexibility index (Phi) is 6.30. The minimum absolute atomic E-state index is 0.139. The van der Waals surface area contributed by atoms with E-state index in [9.17, 15) is 4.39 Å². The molecule has 0 N–H and O–H groups in total. The fraction of sp³-hybridized carbons (Fsp3) is 0.600. The van der Waals surface area contributed by atoms with Crippen molar-refractivity contribution in [2.45, 2.75) is 43.0 Å². The molecule has 2 atom stereocenters. The largest absolute Gasteiger partial charge is 0.496 e. The van der Waals surface area contributed by atoms with Crippen LogP contribution < -0.4 is 4.74 Å². The van der Waals surface area contributed by atoms with Crippen LogP contribution in [0.4, 0.5) is 4.39 Å². The standard InChI is InChI=1S/C15H19Br2FO2/c1-19-15-9-14(18)13(17)8-11(15)12(16)6-5-10-4-2-3-7-20-10/h8-10,12H,2-7H2,1H3. The molecule has 0 saturated carbocycles. The summed E-state index contributed by atoms with van der Waals surface area (Å²) in [4.78, 5) is 0.139. The minimum Gasteiger partial charge on any atom is -0.496 e. The molecule has 112 valence electrons. The van der Waals surface area contributed by atoms with E-state index in [1.807, 2.05) is 0 Å². The highest BCUT2D eigenvalue weighted by Crippen LogP contribution is 2.38. The number of hydrogen-bond donors (Lipinski definition) is 0. The Morgan fingerprint density at radius 2 is 2.25 bits per heavy atom. The molecule has 0 bridgehead atoms. The first kappa shape index (κ1) is 16.2. The van der Waals surface area contributed by atoms with Gasteiger partial charge in [0, 0.05) is 23.1 Å². The van der Waals surface area contributed by atoms with Gasteiger partial charge in [-0.25, -0.2) is 4.39 Å². The van der Waals surface area contributed by atoms with Crippen molar-refractivity contribution in [3.63, 3.8) is 0 Å². The highest BCUT2D eigenvalue weighted by molar-refractivity contribution is 9.10. The van der Waals surface area contributed by atoms with Crippen LogP contribution in [0.15, 0.2) is 16.6 Å². The smallest absolute Gasteiger partial charge is 0.141 e. The Labute approximate surface area is 136 Å². The SMILES string of the molecule is COc1cc(F)c(Br)cc1C(Br)CCC1CCCCO1. The summed E-state index contributed by atoms with van der Waals surface area (Å²) in [5.74, 6) is 0.276. The molecule has 0 aliphatic carbocycles. The van der Waals surface area contributed by atoms with Gasteiger partial charge in [0.15, 0.2) is 0 Å². The van der Waals surface area contributed by atoms with E-state index in [4.69, 9.17) is 9.47 Å². The molecule has 20 heavy (non-hydrogen) atoms. The topological polar surface area (TPSA) is 18.5 Å². The van der Waals surface area contributed by atoms with E-state index in [0.29, 0.717) is 16.3 Å². The van der Waals surface area contributed by atoms with Crippen molar-refractivity contribution < 1.29 is 13.9 Å². The number of benzene rings is 1. The van der Waals surface area contributed by atoms with Gasteiger partial charge in [0.1, 0.15) is 11.6 Å². The summed E-state index contributed by atoms with van der Waals surface area (Å²) in [6, 6.07) is 3.21.